The molecule has 3 aliphatic rings. The van der Waals surface area contributed by atoms with Crippen LogP contribution in [-0.2, 0) is 0 Å². The number of hydrogen-bond acceptors (Lipinski definition) is 4. The number of carbonyl (C=O) groups excluding carboxylic acids is 1. The SMILES string of the molecule is [2H]C1([2H])N(C)c2cccc3c2N([C@H]2CCN(CCCC(=O)c4ccc(F)cc4)C[C@@H]32)C1([2H])[2H]. The van der Waals surface area contributed by atoms with Gasteiger partial charge >= 0.3 is 0 Å². The van der Waals surface area contributed by atoms with Crippen molar-refractivity contribution in [3.05, 3.63) is 59.4 Å². The smallest absolute Gasteiger partial charge is 0.162 e. The topological polar surface area (TPSA) is 26.8 Å². The minimum atomic E-state index is -2.15. The maximum Gasteiger partial charge on any atom is 0.162 e. The van der Waals surface area contributed by atoms with Gasteiger partial charge in [-0.2, -0.15) is 0 Å². The number of rotatable bonds is 5. The lowest BCUT2D eigenvalue weighted by atomic mass is 9.89. The van der Waals surface area contributed by atoms with Gasteiger partial charge in [0.25, 0.3) is 0 Å². The molecule has 0 aliphatic carbocycles. The quantitative estimate of drug-likeness (QED) is 0.715. The van der Waals surface area contributed by atoms with Crippen molar-refractivity contribution in [2.75, 3.05) is 49.5 Å². The molecule has 0 radical (unpaired) electrons. The molecular formula is C24H28FN3O. The Labute approximate surface area is 177 Å². The summed E-state index contributed by atoms with van der Waals surface area (Å²) in [7, 11) is 1.62. The van der Waals surface area contributed by atoms with E-state index >= 15 is 0 Å². The van der Waals surface area contributed by atoms with Gasteiger partial charge < -0.3 is 14.7 Å². The van der Waals surface area contributed by atoms with Crippen molar-refractivity contribution in [2.45, 2.75) is 31.2 Å². The minimum absolute atomic E-state index is 0.0104. The van der Waals surface area contributed by atoms with Crippen LogP contribution in [0.1, 0.15) is 46.6 Å². The third kappa shape index (κ3) is 3.31. The van der Waals surface area contributed by atoms with Crippen LogP contribution in [-0.4, -0.2) is 56.4 Å². The number of halogens is 1. The van der Waals surface area contributed by atoms with Gasteiger partial charge in [0.1, 0.15) is 5.82 Å². The van der Waals surface area contributed by atoms with Gasteiger partial charge in [-0.05, 0) is 55.3 Å². The summed E-state index contributed by atoms with van der Waals surface area (Å²) < 4.78 is 47.5. The number of ketones is 1. The van der Waals surface area contributed by atoms with Gasteiger partial charge in [-0.15, -0.1) is 0 Å². The van der Waals surface area contributed by atoms with E-state index in [0.29, 0.717) is 18.4 Å². The molecule has 2 aromatic carbocycles. The molecule has 1 saturated heterocycles. The van der Waals surface area contributed by atoms with E-state index in [1.165, 1.54) is 29.2 Å². The Hall–Kier alpha value is -2.40. The first-order valence-electron chi connectivity index (χ1n) is 12.3. The Morgan fingerprint density at radius 2 is 2.03 bits per heavy atom. The molecule has 0 spiro atoms. The van der Waals surface area contributed by atoms with Gasteiger partial charge in [-0.3, -0.25) is 4.79 Å². The predicted octanol–water partition coefficient (Wildman–Crippen LogP) is 3.92. The molecule has 5 heteroatoms. The van der Waals surface area contributed by atoms with Crippen LogP contribution in [0.3, 0.4) is 0 Å². The van der Waals surface area contributed by atoms with Crippen LogP contribution in [0.15, 0.2) is 42.5 Å². The molecule has 2 atom stereocenters. The lowest BCUT2D eigenvalue weighted by Crippen LogP contribution is -2.49. The maximum atomic E-state index is 13.1. The van der Waals surface area contributed by atoms with Gasteiger partial charge in [0.2, 0.25) is 0 Å². The fourth-order valence-corrected chi connectivity index (χ4v) is 4.94. The van der Waals surface area contributed by atoms with Crippen LogP contribution in [0.2, 0.25) is 0 Å². The number of benzene rings is 2. The average molecular weight is 398 g/mol. The van der Waals surface area contributed by atoms with Crippen molar-refractivity contribution in [2.24, 2.45) is 0 Å². The van der Waals surface area contributed by atoms with E-state index in [1.54, 1.807) is 11.9 Å². The molecule has 1 fully saturated rings. The number of carbonyl (C=O) groups is 1. The summed E-state index contributed by atoms with van der Waals surface area (Å²) in [5.74, 6) is -0.244. The van der Waals surface area contributed by atoms with E-state index in [-0.39, 0.29) is 23.6 Å². The van der Waals surface area contributed by atoms with Crippen molar-refractivity contribution in [3.8, 4) is 0 Å². The summed E-state index contributed by atoms with van der Waals surface area (Å²) in [6.07, 6.45) is 1.84. The first-order valence-corrected chi connectivity index (χ1v) is 10.3. The number of Topliss-reactive ketones (excluding diaryl/α,β-unsaturated/α-hetero) is 1. The lowest BCUT2D eigenvalue weighted by molar-refractivity contribution is 0.0971. The zero-order valence-corrected chi connectivity index (χ0v) is 16.6. The maximum absolute atomic E-state index is 13.1. The molecule has 5 rings (SSSR count). The Bertz CT molecular complexity index is 1080. The van der Waals surface area contributed by atoms with Crippen molar-refractivity contribution in [1.82, 2.24) is 4.90 Å². The van der Waals surface area contributed by atoms with Crippen molar-refractivity contribution in [3.63, 3.8) is 0 Å². The highest BCUT2D eigenvalue weighted by molar-refractivity contribution is 5.95. The Morgan fingerprint density at radius 3 is 2.86 bits per heavy atom. The highest BCUT2D eigenvalue weighted by Gasteiger charge is 2.44. The van der Waals surface area contributed by atoms with Gasteiger partial charge in [0.15, 0.2) is 5.78 Å². The highest BCUT2D eigenvalue weighted by atomic mass is 19.1. The predicted molar refractivity (Wildman–Crippen MR) is 115 cm³/mol. The Kier molecular flexibility index (Phi) is 3.74. The second-order valence-corrected chi connectivity index (χ2v) is 8.16. The number of nitrogens with zero attached hydrogens (tertiary/aromatic N) is 3. The second-order valence-electron chi connectivity index (χ2n) is 8.16. The standard InChI is InChI=1S/C24H28FN3O/c1-26-14-15-28-21-11-13-27(16-20(21)19-4-2-5-22(26)24(19)28)12-3-6-23(29)17-7-9-18(25)10-8-17/h2,4-5,7-10,20-21H,3,6,11-16H2,1H3/t20-,21-/m0/s1/i14D2,15D2. The van der Waals surface area contributed by atoms with E-state index in [9.17, 15) is 9.18 Å². The number of likely N-dealkylation sites (N-methyl/N-ethyl adjacent to an activating group) is 1. The molecule has 0 unspecified atom stereocenters. The van der Waals surface area contributed by atoms with Gasteiger partial charge in [-0.1, -0.05) is 12.1 Å². The summed E-state index contributed by atoms with van der Waals surface area (Å²) in [5, 5.41) is 0. The molecule has 0 bridgehead atoms. The zero-order valence-electron chi connectivity index (χ0n) is 20.6. The zero-order chi connectivity index (χ0) is 23.5. The molecule has 152 valence electrons. The Morgan fingerprint density at radius 1 is 1.21 bits per heavy atom. The van der Waals surface area contributed by atoms with Crippen LogP contribution in [0.25, 0.3) is 0 Å². The molecule has 0 saturated carbocycles. The number of fused-ring (bicyclic) bond motifs is 3. The summed E-state index contributed by atoms with van der Waals surface area (Å²) in [6, 6.07) is 11.4. The average Bonchev–Trinajstić information content (AvgIpc) is 3.12. The fourth-order valence-electron chi connectivity index (χ4n) is 4.94. The number of hydrogen-bond donors (Lipinski definition) is 0. The first-order chi connectivity index (χ1) is 15.6. The van der Waals surface area contributed by atoms with E-state index in [4.69, 9.17) is 5.48 Å². The van der Waals surface area contributed by atoms with E-state index in [0.717, 1.165) is 43.0 Å². The van der Waals surface area contributed by atoms with E-state index < -0.39 is 13.0 Å². The lowest BCUT2D eigenvalue weighted by Gasteiger charge is -2.41. The summed E-state index contributed by atoms with van der Waals surface area (Å²) in [4.78, 5) is 17.9. The number of para-hydroxylation sites is 1. The molecule has 3 aliphatic heterocycles. The normalized spacial score (nSPS) is 28.6. The van der Waals surface area contributed by atoms with Crippen LogP contribution in [0, 0.1) is 5.82 Å². The van der Waals surface area contributed by atoms with Crippen LogP contribution in [0.5, 0.6) is 0 Å². The molecule has 2 aromatic rings. The summed E-state index contributed by atoms with van der Waals surface area (Å²) >= 11 is 0. The summed E-state index contributed by atoms with van der Waals surface area (Å²) in [5.41, 5.74) is 3.17. The van der Waals surface area contributed by atoms with E-state index in [2.05, 4.69) is 4.90 Å². The van der Waals surface area contributed by atoms with Crippen molar-refractivity contribution >= 4 is 17.2 Å². The van der Waals surface area contributed by atoms with Gasteiger partial charge in [0, 0.05) is 57.1 Å². The monoisotopic (exact) mass is 397 g/mol. The van der Waals surface area contributed by atoms with Crippen molar-refractivity contribution < 1.29 is 14.7 Å². The third-order valence-corrected chi connectivity index (χ3v) is 6.42. The molecule has 29 heavy (non-hydrogen) atoms. The molecule has 0 amide bonds. The van der Waals surface area contributed by atoms with Gasteiger partial charge in [0.05, 0.1) is 16.9 Å². The van der Waals surface area contributed by atoms with Crippen LogP contribution < -0.4 is 9.80 Å². The van der Waals surface area contributed by atoms with E-state index in [1.807, 2.05) is 18.2 Å². The summed E-state index contributed by atoms with van der Waals surface area (Å²) in [6.45, 7) is -2.00. The highest BCUT2D eigenvalue weighted by Crippen LogP contribution is 2.50. The fraction of sp³-hybridized carbons (Fsp3) is 0.458. The Balaban J connectivity index is 1.30. The van der Waals surface area contributed by atoms with Gasteiger partial charge in [-0.25, -0.2) is 4.39 Å². The number of likely N-dealkylation sites (tertiary alicyclic amines) is 1. The second kappa shape index (κ2) is 7.45. The van der Waals surface area contributed by atoms with Crippen LogP contribution >= 0.6 is 0 Å². The van der Waals surface area contributed by atoms with Crippen molar-refractivity contribution in [1.29, 1.82) is 0 Å². The number of piperidine rings is 1. The molecule has 4 nitrogen and oxygen atoms in total. The molecular weight excluding hydrogens is 365 g/mol. The molecule has 0 N–H and O–H groups in total. The number of anilines is 2. The molecule has 3 heterocycles. The first kappa shape index (κ1) is 14.6. The minimum Gasteiger partial charge on any atom is -0.371 e. The molecule has 0 aromatic heterocycles. The third-order valence-electron chi connectivity index (χ3n) is 6.42. The van der Waals surface area contributed by atoms with Crippen LogP contribution in [0.4, 0.5) is 15.8 Å². The largest absolute Gasteiger partial charge is 0.371 e.